The van der Waals surface area contributed by atoms with Gasteiger partial charge >= 0.3 is 0 Å². The number of hydrogen-bond acceptors (Lipinski definition) is 4. The third-order valence-electron chi connectivity index (χ3n) is 4.28. The Morgan fingerprint density at radius 1 is 1.07 bits per heavy atom. The highest BCUT2D eigenvalue weighted by Crippen LogP contribution is 2.12. The lowest BCUT2D eigenvalue weighted by Crippen LogP contribution is -2.29. The van der Waals surface area contributed by atoms with Crippen molar-refractivity contribution in [3.8, 4) is 0 Å². The maximum absolute atomic E-state index is 12.0. The lowest BCUT2D eigenvalue weighted by Gasteiger charge is -2.23. The van der Waals surface area contributed by atoms with E-state index in [1.807, 2.05) is 42.5 Å². The summed E-state index contributed by atoms with van der Waals surface area (Å²) >= 11 is 0. The summed E-state index contributed by atoms with van der Waals surface area (Å²) in [5.41, 5.74) is 3.55. The lowest BCUT2D eigenvalue weighted by molar-refractivity contribution is -0.116. The van der Waals surface area contributed by atoms with Crippen LogP contribution in [0.15, 0.2) is 66.9 Å². The van der Waals surface area contributed by atoms with Crippen molar-refractivity contribution in [1.82, 2.24) is 15.3 Å². The molecule has 3 aromatic rings. The molecule has 2 aromatic carbocycles. The molecule has 1 aromatic heterocycles. The second kappa shape index (κ2) is 9.48. The van der Waals surface area contributed by atoms with Crippen molar-refractivity contribution in [2.45, 2.75) is 13.3 Å². The average molecular weight is 360 g/mol. The predicted molar refractivity (Wildman–Crippen MR) is 111 cm³/mol. The Balaban J connectivity index is 1.45. The molecule has 0 aliphatic rings. The number of rotatable bonds is 8. The van der Waals surface area contributed by atoms with Gasteiger partial charge in [0, 0.05) is 31.4 Å². The first-order valence-corrected chi connectivity index (χ1v) is 9.24. The fourth-order valence-electron chi connectivity index (χ4n) is 2.86. The molecule has 1 heterocycles. The molecule has 0 spiro atoms. The third kappa shape index (κ3) is 5.38. The van der Waals surface area contributed by atoms with Crippen LogP contribution in [0.25, 0.3) is 17.1 Å². The molecule has 5 nitrogen and oxygen atoms in total. The number of aromatic nitrogens is 2. The van der Waals surface area contributed by atoms with Crippen molar-refractivity contribution < 1.29 is 4.79 Å². The van der Waals surface area contributed by atoms with Gasteiger partial charge in [0.15, 0.2) is 0 Å². The van der Waals surface area contributed by atoms with Crippen LogP contribution in [0.4, 0.5) is 5.69 Å². The van der Waals surface area contributed by atoms with Crippen molar-refractivity contribution in [3.05, 3.63) is 72.6 Å². The van der Waals surface area contributed by atoms with Crippen LogP contribution < -0.4 is 10.2 Å². The zero-order valence-electron chi connectivity index (χ0n) is 15.5. The van der Waals surface area contributed by atoms with Gasteiger partial charge in [-0.15, -0.1) is 0 Å². The Morgan fingerprint density at radius 2 is 1.81 bits per heavy atom. The van der Waals surface area contributed by atoms with Crippen molar-refractivity contribution in [2.75, 3.05) is 24.5 Å². The van der Waals surface area contributed by atoms with Gasteiger partial charge in [-0.3, -0.25) is 9.78 Å². The van der Waals surface area contributed by atoms with Gasteiger partial charge in [-0.2, -0.15) is 0 Å². The summed E-state index contributed by atoms with van der Waals surface area (Å²) in [5, 5.41) is 2.92. The first-order chi connectivity index (χ1) is 13.3. The molecular formula is C22H24N4O. The number of fused-ring (bicyclic) bond motifs is 1. The molecule has 0 aliphatic heterocycles. The Morgan fingerprint density at radius 3 is 2.59 bits per heavy atom. The molecular weight excluding hydrogens is 336 g/mol. The van der Waals surface area contributed by atoms with Gasteiger partial charge in [0.2, 0.25) is 5.91 Å². The number of carbonyl (C=O) groups excluding carboxylic acids is 1. The molecule has 0 atom stereocenters. The van der Waals surface area contributed by atoms with Gasteiger partial charge < -0.3 is 10.2 Å². The van der Waals surface area contributed by atoms with Crippen LogP contribution in [0.5, 0.6) is 0 Å². The quantitative estimate of drug-likeness (QED) is 0.492. The highest BCUT2D eigenvalue weighted by molar-refractivity contribution is 5.91. The third-order valence-corrected chi connectivity index (χ3v) is 4.28. The zero-order valence-corrected chi connectivity index (χ0v) is 15.5. The Kier molecular flexibility index (Phi) is 6.52. The first-order valence-electron chi connectivity index (χ1n) is 9.24. The van der Waals surface area contributed by atoms with Gasteiger partial charge in [-0.05, 0) is 43.7 Å². The predicted octanol–water partition coefficient (Wildman–Crippen LogP) is 3.68. The van der Waals surface area contributed by atoms with Crippen LogP contribution in [-0.2, 0) is 4.79 Å². The molecule has 3 rings (SSSR count). The van der Waals surface area contributed by atoms with Crippen molar-refractivity contribution in [3.63, 3.8) is 0 Å². The normalized spacial score (nSPS) is 11.0. The van der Waals surface area contributed by atoms with Crippen LogP contribution >= 0.6 is 0 Å². The van der Waals surface area contributed by atoms with E-state index in [-0.39, 0.29) is 5.91 Å². The average Bonchev–Trinajstić information content (AvgIpc) is 2.73. The maximum Gasteiger partial charge on any atom is 0.244 e. The summed E-state index contributed by atoms with van der Waals surface area (Å²) in [7, 11) is 0. The first kappa shape index (κ1) is 18.6. The summed E-state index contributed by atoms with van der Waals surface area (Å²) in [5.74, 6) is -0.118. The molecule has 0 saturated carbocycles. The fraction of sp³-hybridized carbons (Fsp3) is 0.227. The van der Waals surface area contributed by atoms with Gasteiger partial charge in [-0.1, -0.05) is 30.3 Å². The molecule has 5 heteroatoms. The van der Waals surface area contributed by atoms with Crippen LogP contribution in [0.1, 0.15) is 19.0 Å². The van der Waals surface area contributed by atoms with E-state index in [2.05, 4.69) is 39.2 Å². The highest BCUT2D eigenvalue weighted by Gasteiger charge is 2.03. The van der Waals surface area contributed by atoms with Crippen LogP contribution in [0.3, 0.4) is 0 Å². The molecule has 0 saturated heterocycles. The minimum Gasteiger partial charge on any atom is -0.372 e. The Hall–Kier alpha value is -3.21. The van der Waals surface area contributed by atoms with E-state index >= 15 is 0 Å². The summed E-state index contributed by atoms with van der Waals surface area (Å²) in [6, 6.07) is 18.0. The number of para-hydroxylation sites is 3. The second-order valence-electron chi connectivity index (χ2n) is 6.18. The minimum atomic E-state index is -0.118. The molecule has 0 unspecified atom stereocenters. The monoisotopic (exact) mass is 360 g/mol. The van der Waals surface area contributed by atoms with E-state index in [9.17, 15) is 4.79 Å². The maximum atomic E-state index is 12.0. The summed E-state index contributed by atoms with van der Waals surface area (Å²) in [4.78, 5) is 23.1. The Bertz CT molecular complexity index is 908. The van der Waals surface area contributed by atoms with Crippen LogP contribution in [-0.4, -0.2) is 35.5 Å². The largest absolute Gasteiger partial charge is 0.372 e. The van der Waals surface area contributed by atoms with E-state index < -0.39 is 0 Å². The molecule has 0 radical (unpaired) electrons. The molecule has 27 heavy (non-hydrogen) atoms. The van der Waals surface area contributed by atoms with Gasteiger partial charge in [0.1, 0.15) is 0 Å². The van der Waals surface area contributed by atoms with E-state index in [0.717, 1.165) is 30.5 Å². The van der Waals surface area contributed by atoms with E-state index in [4.69, 9.17) is 0 Å². The van der Waals surface area contributed by atoms with E-state index in [0.29, 0.717) is 12.2 Å². The van der Waals surface area contributed by atoms with Crippen molar-refractivity contribution in [1.29, 1.82) is 0 Å². The highest BCUT2D eigenvalue weighted by atomic mass is 16.1. The smallest absolute Gasteiger partial charge is 0.244 e. The van der Waals surface area contributed by atoms with Gasteiger partial charge in [0.25, 0.3) is 0 Å². The summed E-state index contributed by atoms with van der Waals surface area (Å²) in [6.07, 6.45) is 5.76. The number of hydrogen-bond donors (Lipinski definition) is 1. The Labute approximate surface area is 159 Å². The molecule has 0 fully saturated rings. The SMILES string of the molecule is CCN(CCCNC(=O)/C=C/c1cnc2ccccc2n1)c1ccccc1. The number of amides is 1. The van der Waals surface area contributed by atoms with Gasteiger partial charge in [-0.25, -0.2) is 4.98 Å². The fourth-order valence-corrected chi connectivity index (χ4v) is 2.86. The molecule has 1 N–H and O–H groups in total. The number of nitrogens with one attached hydrogen (secondary N) is 1. The number of nitrogens with zero attached hydrogens (tertiary/aromatic N) is 3. The molecule has 0 bridgehead atoms. The number of benzene rings is 2. The standard InChI is InChI=1S/C22H24N4O/c1-2-26(19-9-4-3-5-10-19)16-8-15-23-22(27)14-13-18-17-24-20-11-6-7-12-21(20)25-18/h3-7,9-14,17H,2,8,15-16H2,1H3,(H,23,27)/b14-13+. The van der Waals surface area contributed by atoms with Crippen LogP contribution in [0, 0.1) is 0 Å². The number of carbonyl (C=O) groups is 1. The second-order valence-corrected chi connectivity index (χ2v) is 6.18. The minimum absolute atomic E-state index is 0.118. The topological polar surface area (TPSA) is 58.1 Å². The van der Waals surface area contributed by atoms with Gasteiger partial charge in [0.05, 0.1) is 22.9 Å². The lowest BCUT2D eigenvalue weighted by atomic mass is 10.2. The van der Waals surface area contributed by atoms with E-state index in [1.54, 1.807) is 12.3 Å². The van der Waals surface area contributed by atoms with Crippen molar-refractivity contribution >= 4 is 28.7 Å². The van der Waals surface area contributed by atoms with Crippen molar-refractivity contribution in [2.24, 2.45) is 0 Å². The zero-order chi connectivity index (χ0) is 18.9. The summed E-state index contributed by atoms with van der Waals surface area (Å²) in [6.45, 7) is 4.62. The molecule has 0 aliphatic carbocycles. The number of anilines is 1. The van der Waals surface area contributed by atoms with Crippen LogP contribution in [0.2, 0.25) is 0 Å². The summed E-state index contributed by atoms with van der Waals surface area (Å²) < 4.78 is 0. The molecule has 138 valence electrons. The van der Waals surface area contributed by atoms with E-state index in [1.165, 1.54) is 11.8 Å². The molecule has 1 amide bonds.